The second kappa shape index (κ2) is 5.86. The number of halogens is 1. The molecule has 0 spiro atoms. The molecule has 1 aromatic carbocycles. The lowest BCUT2D eigenvalue weighted by molar-refractivity contribution is 0.0690. The van der Waals surface area contributed by atoms with E-state index in [9.17, 15) is 14.3 Å². The van der Waals surface area contributed by atoms with Crippen molar-refractivity contribution >= 4 is 29.5 Å². The Hall–Kier alpha value is -2.87. The number of aromatic carboxylic acids is 1. The molecule has 0 bridgehead atoms. The third kappa shape index (κ3) is 2.77. The molecule has 2 aromatic heterocycles. The average molecular weight is 316 g/mol. The van der Waals surface area contributed by atoms with Crippen molar-refractivity contribution in [2.75, 3.05) is 0 Å². The molecule has 3 aromatic rings. The summed E-state index contributed by atoms with van der Waals surface area (Å²) >= 11 is 1.31. The van der Waals surface area contributed by atoms with Crippen LogP contribution in [-0.4, -0.2) is 31.1 Å². The highest BCUT2D eigenvalue weighted by molar-refractivity contribution is 7.12. The second-order valence-electron chi connectivity index (χ2n) is 4.24. The molecule has 0 aliphatic heterocycles. The lowest BCUT2D eigenvalue weighted by Gasteiger charge is -1.99. The number of nitrogens with zero attached hydrogens (tertiary/aromatic N) is 4. The van der Waals surface area contributed by atoms with Crippen LogP contribution in [0.5, 0.6) is 0 Å². The maximum Gasteiger partial charge on any atom is 0.358 e. The van der Waals surface area contributed by atoms with Crippen molar-refractivity contribution in [3.05, 3.63) is 58.6 Å². The third-order valence-corrected chi connectivity index (χ3v) is 3.56. The van der Waals surface area contributed by atoms with Gasteiger partial charge in [0.25, 0.3) is 0 Å². The quantitative estimate of drug-likeness (QED) is 0.800. The van der Waals surface area contributed by atoms with Gasteiger partial charge in [0, 0.05) is 11.6 Å². The number of aromatic nitrogens is 4. The molecule has 0 saturated heterocycles. The molecule has 110 valence electrons. The summed E-state index contributed by atoms with van der Waals surface area (Å²) in [4.78, 5) is 15.3. The molecule has 1 N–H and O–H groups in total. The molecule has 0 aliphatic rings. The van der Waals surface area contributed by atoms with E-state index < -0.39 is 5.97 Å². The Morgan fingerprint density at radius 3 is 2.68 bits per heavy atom. The summed E-state index contributed by atoms with van der Waals surface area (Å²) in [5, 5.41) is 19.0. The lowest BCUT2D eigenvalue weighted by atomic mass is 10.2. The minimum absolute atomic E-state index is 0.173. The van der Waals surface area contributed by atoms with E-state index in [1.807, 2.05) is 0 Å². The molecule has 0 amide bonds. The van der Waals surface area contributed by atoms with Crippen molar-refractivity contribution in [3.8, 4) is 5.13 Å². The molecule has 3 rings (SSSR count). The number of carboxylic acids is 1. The fourth-order valence-corrected chi connectivity index (χ4v) is 2.40. The van der Waals surface area contributed by atoms with E-state index in [0.717, 1.165) is 5.56 Å². The van der Waals surface area contributed by atoms with Gasteiger partial charge in [0.2, 0.25) is 5.13 Å². The molecule has 0 fully saturated rings. The van der Waals surface area contributed by atoms with Crippen LogP contribution >= 0.6 is 11.3 Å². The van der Waals surface area contributed by atoms with Crippen LogP contribution in [0.1, 0.15) is 21.7 Å². The number of hydrogen-bond donors (Lipinski definition) is 1. The van der Waals surface area contributed by atoms with Crippen molar-refractivity contribution in [2.24, 2.45) is 0 Å². The smallest absolute Gasteiger partial charge is 0.358 e. The Morgan fingerprint density at radius 1 is 1.27 bits per heavy atom. The Kier molecular flexibility index (Phi) is 3.75. The standard InChI is InChI=1S/C14H9FN4O2S/c15-10-4-1-9(2-5-10)3-6-11-12(13(20)21)17-18-19(11)14-16-7-8-22-14/h1-8H,(H,20,21)/b6-3+. The van der Waals surface area contributed by atoms with E-state index in [2.05, 4.69) is 15.3 Å². The molecule has 6 nitrogen and oxygen atoms in total. The number of rotatable bonds is 4. The highest BCUT2D eigenvalue weighted by Gasteiger charge is 2.18. The molecule has 8 heteroatoms. The van der Waals surface area contributed by atoms with Crippen LogP contribution in [0.4, 0.5) is 4.39 Å². The van der Waals surface area contributed by atoms with Gasteiger partial charge in [0.1, 0.15) is 11.5 Å². The zero-order valence-corrected chi connectivity index (χ0v) is 11.9. The van der Waals surface area contributed by atoms with Gasteiger partial charge in [0.15, 0.2) is 5.69 Å². The Labute approximate surface area is 128 Å². The van der Waals surface area contributed by atoms with Gasteiger partial charge in [-0.25, -0.2) is 14.2 Å². The Bertz CT molecular complexity index is 825. The molecule has 2 heterocycles. The number of benzene rings is 1. The molecule has 0 atom stereocenters. The fourth-order valence-electron chi connectivity index (χ4n) is 1.80. The number of carbonyl (C=O) groups is 1. The van der Waals surface area contributed by atoms with Gasteiger partial charge in [-0.05, 0) is 23.8 Å². The number of hydrogen-bond acceptors (Lipinski definition) is 5. The van der Waals surface area contributed by atoms with Gasteiger partial charge in [-0.3, -0.25) is 0 Å². The molecule has 0 radical (unpaired) electrons. The topological polar surface area (TPSA) is 80.9 Å². The summed E-state index contributed by atoms with van der Waals surface area (Å²) in [6, 6.07) is 5.83. The first-order valence-electron chi connectivity index (χ1n) is 6.17. The van der Waals surface area contributed by atoms with Gasteiger partial charge >= 0.3 is 5.97 Å². The molecule has 0 aliphatic carbocycles. The van der Waals surface area contributed by atoms with Crippen LogP contribution in [0.25, 0.3) is 17.3 Å². The summed E-state index contributed by atoms with van der Waals surface area (Å²) in [6.45, 7) is 0. The van der Waals surface area contributed by atoms with E-state index in [-0.39, 0.29) is 11.5 Å². The zero-order valence-electron chi connectivity index (χ0n) is 11.0. The summed E-state index contributed by atoms with van der Waals surface area (Å²) in [6.07, 6.45) is 4.82. The van der Waals surface area contributed by atoms with E-state index in [1.165, 1.54) is 28.2 Å². The van der Waals surface area contributed by atoms with Gasteiger partial charge in [-0.1, -0.05) is 23.4 Å². The SMILES string of the molecule is O=C(O)c1nnn(-c2nccs2)c1/C=C/c1ccc(F)cc1. The average Bonchev–Trinajstić information content (AvgIpc) is 3.15. The predicted octanol–water partition coefficient (Wildman–Crippen LogP) is 2.73. The molecular weight excluding hydrogens is 307 g/mol. The van der Waals surface area contributed by atoms with Crippen molar-refractivity contribution in [3.63, 3.8) is 0 Å². The van der Waals surface area contributed by atoms with E-state index >= 15 is 0 Å². The number of carboxylic acid groups (broad SMARTS) is 1. The van der Waals surface area contributed by atoms with E-state index in [4.69, 9.17) is 0 Å². The van der Waals surface area contributed by atoms with Crippen LogP contribution in [0.2, 0.25) is 0 Å². The van der Waals surface area contributed by atoms with Crippen LogP contribution in [0, 0.1) is 5.82 Å². The normalized spacial score (nSPS) is 11.1. The maximum absolute atomic E-state index is 12.9. The summed E-state index contributed by atoms with van der Waals surface area (Å²) in [7, 11) is 0. The molecular formula is C14H9FN4O2S. The molecule has 22 heavy (non-hydrogen) atoms. The van der Waals surface area contributed by atoms with Gasteiger partial charge in [-0.15, -0.1) is 16.4 Å². The van der Waals surface area contributed by atoms with E-state index in [0.29, 0.717) is 10.8 Å². The Morgan fingerprint density at radius 2 is 2.05 bits per heavy atom. The summed E-state index contributed by atoms with van der Waals surface area (Å²) in [5.41, 5.74) is 0.852. The minimum Gasteiger partial charge on any atom is -0.476 e. The minimum atomic E-state index is -1.18. The third-order valence-electron chi connectivity index (χ3n) is 2.81. The first-order valence-corrected chi connectivity index (χ1v) is 7.05. The van der Waals surface area contributed by atoms with Gasteiger partial charge in [-0.2, -0.15) is 4.68 Å². The first-order chi connectivity index (χ1) is 10.6. The highest BCUT2D eigenvalue weighted by Crippen LogP contribution is 2.18. The van der Waals surface area contributed by atoms with Crippen LogP contribution in [0.3, 0.4) is 0 Å². The summed E-state index contributed by atoms with van der Waals surface area (Å²) in [5.74, 6) is -1.51. The maximum atomic E-state index is 12.9. The number of thiazole rings is 1. The van der Waals surface area contributed by atoms with Crippen LogP contribution in [0.15, 0.2) is 35.8 Å². The van der Waals surface area contributed by atoms with Crippen molar-refractivity contribution in [1.82, 2.24) is 20.0 Å². The van der Waals surface area contributed by atoms with Crippen molar-refractivity contribution in [2.45, 2.75) is 0 Å². The monoisotopic (exact) mass is 316 g/mol. The van der Waals surface area contributed by atoms with Crippen LogP contribution in [-0.2, 0) is 0 Å². The van der Waals surface area contributed by atoms with Crippen molar-refractivity contribution in [1.29, 1.82) is 0 Å². The van der Waals surface area contributed by atoms with E-state index in [1.54, 1.807) is 35.9 Å². The van der Waals surface area contributed by atoms with Gasteiger partial charge < -0.3 is 5.11 Å². The molecule has 0 saturated carbocycles. The Balaban J connectivity index is 2.02. The first kappa shape index (κ1) is 14.1. The zero-order chi connectivity index (χ0) is 15.5. The largest absolute Gasteiger partial charge is 0.476 e. The second-order valence-corrected chi connectivity index (χ2v) is 5.11. The van der Waals surface area contributed by atoms with Gasteiger partial charge in [0.05, 0.1) is 0 Å². The predicted molar refractivity (Wildman–Crippen MR) is 79.3 cm³/mol. The fraction of sp³-hybridized carbons (Fsp3) is 0. The van der Waals surface area contributed by atoms with Crippen LogP contribution < -0.4 is 0 Å². The highest BCUT2D eigenvalue weighted by atomic mass is 32.1. The molecule has 0 unspecified atom stereocenters. The summed E-state index contributed by atoms with van der Waals surface area (Å²) < 4.78 is 14.2. The lowest BCUT2D eigenvalue weighted by Crippen LogP contribution is -2.02. The van der Waals surface area contributed by atoms with Crippen molar-refractivity contribution < 1.29 is 14.3 Å².